The first kappa shape index (κ1) is 15.4. The first-order chi connectivity index (χ1) is 11.5. The van der Waals surface area contributed by atoms with E-state index in [-0.39, 0.29) is 0 Å². The summed E-state index contributed by atoms with van der Waals surface area (Å²) in [6, 6.07) is 5.70. The molecule has 1 saturated heterocycles. The molecule has 1 aliphatic rings. The number of thiophene rings is 1. The zero-order valence-corrected chi connectivity index (χ0v) is 14.2. The number of hydrogen-bond donors (Lipinski definition) is 1. The minimum atomic E-state index is -3.63. The Labute approximate surface area is 142 Å². The maximum absolute atomic E-state index is 11.4. The van der Waals surface area contributed by atoms with Gasteiger partial charge in [0.2, 0.25) is 0 Å². The van der Waals surface area contributed by atoms with Gasteiger partial charge in [0, 0.05) is 37.1 Å². The highest BCUT2D eigenvalue weighted by Gasteiger charge is 2.25. The van der Waals surface area contributed by atoms with E-state index in [1.807, 2.05) is 33.9 Å². The highest BCUT2D eigenvalue weighted by atomic mass is 32.2. The highest BCUT2D eigenvalue weighted by molar-refractivity contribution is 7.86. The molecule has 2 N–H and O–H groups in total. The van der Waals surface area contributed by atoms with Crippen molar-refractivity contribution in [2.45, 2.75) is 0 Å². The molecule has 3 aromatic heterocycles. The molecule has 0 aliphatic carbocycles. The Bertz CT molecular complexity index is 960. The van der Waals surface area contributed by atoms with Crippen molar-refractivity contribution in [3.05, 3.63) is 29.0 Å². The molecule has 24 heavy (non-hydrogen) atoms. The molecule has 0 amide bonds. The smallest absolute Gasteiger partial charge is 0.277 e. The molecule has 0 bridgehead atoms. The van der Waals surface area contributed by atoms with Crippen molar-refractivity contribution in [1.82, 2.24) is 24.1 Å². The second kappa shape index (κ2) is 5.77. The third-order valence-corrected chi connectivity index (χ3v) is 5.72. The quantitative estimate of drug-likeness (QED) is 0.709. The third kappa shape index (κ3) is 2.75. The van der Waals surface area contributed by atoms with Crippen molar-refractivity contribution in [3.63, 3.8) is 0 Å². The summed E-state index contributed by atoms with van der Waals surface area (Å²) < 4.78 is 25.8. The van der Waals surface area contributed by atoms with Crippen LogP contribution in [-0.2, 0) is 10.2 Å². The lowest BCUT2D eigenvalue weighted by atomic mass is 10.3. The van der Waals surface area contributed by atoms with Crippen LogP contribution in [0.25, 0.3) is 17.0 Å². The van der Waals surface area contributed by atoms with Gasteiger partial charge in [0.15, 0.2) is 11.5 Å². The van der Waals surface area contributed by atoms with Crippen molar-refractivity contribution in [1.29, 1.82) is 0 Å². The molecular formula is C13H15N7O2S2. The highest BCUT2D eigenvalue weighted by Crippen LogP contribution is 2.22. The zero-order chi connectivity index (χ0) is 16.7. The van der Waals surface area contributed by atoms with Crippen LogP contribution in [0.4, 0.5) is 5.82 Å². The van der Waals surface area contributed by atoms with Crippen molar-refractivity contribution in [2.24, 2.45) is 5.14 Å². The number of piperazine rings is 1. The topological polar surface area (TPSA) is 110 Å². The number of nitrogens with zero attached hydrogens (tertiary/aromatic N) is 6. The standard InChI is InChI=1S/C13H15N7O2S2/c14-24(21,22)19-6-4-18(5-7-19)12-2-1-11-15-16-13(20(11)17-12)10-3-8-23-9-10/h1-3,8-9H,4-7H2,(H2,14,21,22). The van der Waals surface area contributed by atoms with E-state index >= 15 is 0 Å². The maximum atomic E-state index is 11.4. The van der Waals surface area contributed by atoms with Gasteiger partial charge in [0.25, 0.3) is 10.2 Å². The molecule has 4 heterocycles. The maximum Gasteiger partial charge on any atom is 0.277 e. The minimum absolute atomic E-state index is 0.345. The predicted octanol–water partition coefficient (Wildman–Crippen LogP) is 0.178. The number of fused-ring (bicyclic) bond motifs is 1. The summed E-state index contributed by atoms with van der Waals surface area (Å²) in [6.45, 7) is 1.76. The molecule has 1 fully saturated rings. The number of rotatable bonds is 3. The number of nitrogens with two attached hydrogens (primary N) is 1. The van der Waals surface area contributed by atoms with Crippen molar-refractivity contribution >= 4 is 33.0 Å². The summed E-state index contributed by atoms with van der Waals surface area (Å²) in [5, 5.41) is 22.1. The summed E-state index contributed by atoms with van der Waals surface area (Å²) in [4.78, 5) is 2.03. The molecule has 11 heteroatoms. The van der Waals surface area contributed by atoms with Gasteiger partial charge in [0.05, 0.1) is 0 Å². The second-order valence-corrected chi connectivity index (χ2v) is 7.75. The second-order valence-electron chi connectivity index (χ2n) is 5.43. The van der Waals surface area contributed by atoms with Gasteiger partial charge in [-0.05, 0) is 23.6 Å². The summed E-state index contributed by atoms with van der Waals surface area (Å²) in [5.41, 5.74) is 1.64. The molecule has 0 saturated carbocycles. The van der Waals surface area contributed by atoms with Crippen LogP contribution in [0.15, 0.2) is 29.0 Å². The van der Waals surface area contributed by atoms with E-state index < -0.39 is 10.2 Å². The van der Waals surface area contributed by atoms with E-state index in [2.05, 4.69) is 15.3 Å². The average molecular weight is 365 g/mol. The Morgan fingerprint density at radius 2 is 1.88 bits per heavy atom. The molecule has 0 spiro atoms. The largest absolute Gasteiger partial charge is 0.353 e. The van der Waals surface area contributed by atoms with Gasteiger partial charge < -0.3 is 4.90 Å². The molecule has 126 valence electrons. The van der Waals surface area contributed by atoms with Gasteiger partial charge in [-0.1, -0.05) is 0 Å². The monoisotopic (exact) mass is 365 g/mol. The van der Waals surface area contributed by atoms with Gasteiger partial charge >= 0.3 is 0 Å². The zero-order valence-electron chi connectivity index (χ0n) is 12.6. The lowest BCUT2D eigenvalue weighted by Crippen LogP contribution is -2.51. The van der Waals surface area contributed by atoms with Crippen molar-refractivity contribution in [3.8, 4) is 11.4 Å². The Morgan fingerprint density at radius 3 is 2.54 bits per heavy atom. The average Bonchev–Trinajstić information content (AvgIpc) is 3.22. The molecule has 0 unspecified atom stereocenters. The molecule has 0 radical (unpaired) electrons. The molecule has 0 atom stereocenters. The van der Waals surface area contributed by atoms with Crippen molar-refractivity contribution < 1.29 is 8.42 Å². The molecule has 0 aromatic carbocycles. The van der Waals surface area contributed by atoms with Crippen LogP contribution in [0.1, 0.15) is 0 Å². The fraction of sp³-hybridized carbons (Fsp3) is 0.308. The molecule has 3 aromatic rings. The van der Waals surface area contributed by atoms with E-state index in [1.54, 1.807) is 15.9 Å². The van der Waals surface area contributed by atoms with Crippen LogP contribution in [0.3, 0.4) is 0 Å². The molecule has 4 rings (SSSR count). The fourth-order valence-electron chi connectivity index (χ4n) is 2.69. The SMILES string of the molecule is NS(=O)(=O)N1CCN(c2ccc3nnc(-c4ccsc4)n3n2)CC1. The van der Waals surface area contributed by atoms with E-state index in [0.717, 1.165) is 11.4 Å². The summed E-state index contributed by atoms with van der Waals surface area (Å²) in [7, 11) is -3.63. The van der Waals surface area contributed by atoms with Crippen LogP contribution in [-0.4, -0.2) is 58.7 Å². The van der Waals surface area contributed by atoms with E-state index in [4.69, 9.17) is 5.14 Å². The molecular weight excluding hydrogens is 350 g/mol. The number of hydrogen-bond acceptors (Lipinski definition) is 7. The van der Waals surface area contributed by atoms with Gasteiger partial charge in [0.1, 0.15) is 5.82 Å². The van der Waals surface area contributed by atoms with Gasteiger partial charge in [-0.25, -0.2) is 5.14 Å². The Morgan fingerprint density at radius 1 is 1.08 bits per heavy atom. The van der Waals surface area contributed by atoms with Crippen LogP contribution in [0.2, 0.25) is 0 Å². The van der Waals surface area contributed by atoms with Crippen LogP contribution >= 0.6 is 11.3 Å². The third-order valence-electron chi connectivity index (χ3n) is 3.95. The van der Waals surface area contributed by atoms with Crippen LogP contribution in [0.5, 0.6) is 0 Å². The number of aromatic nitrogens is 4. The van der Waals surface area contributed by atoms with Gasteiger partial charge in [-0.3, -0.25) is 0 Å². The minimum Gasteiger partial charge on any atom is -0.353 e. The molecule has 9 nitrogen and oxygen atoms in total. The lowest BCUT2D eigenvalue weighted by molar-refractivity contribution is 0.384. The summed E-state index contributed by atoms with van der Waals surface area (Å²) in [5.74, 6) is 1.45. The number of anilines is 1. The summed E-state index contributed by atoms with van der Waals surface area (Å²) >= 11 is 1.59. The van der Waals surface area contributed by atoms with Gasteiger partial charge in [-0.15, -0.1) is 15.3 Å². The Kier molecular flexibility index (Phi) is 3.72. The van der Waals surface area contributed by atoms with Gasteiger partial charge in [-0.2, -0.15) is 28.6 Å². The Hall–Kier alpha value is -2.08. The van der Waals surface area contributed by atoms with E-state index in [0.29, 0.717) is 37.7 Å². The van der Waals surface area contributed by atoms with E-state index in [9.17, 15) is 8.42 Å². The van der Waals surface area contributed by atoms with E-state index in [1.165, 1.54) is 4.31 Å². The Balaban J connectivity index is 1.63. The molecule has 1 aliphatic heterocycles. The van der Waals surface area contributed by atoms with Crippen LogP contribution < -0.4 is 10.0 Å². The predicted molar refractivity (Wildman–Crippen MR) is 91.0 cm³/mol. The lowest BCUT2D eigenvalue weighted by Gasteiger charge is -2.33. The normalized spacial score (nSPS) is 16.8. The first-order valence-corrected chi connectivity index (χ1v) is 9.75. The van der Waals surface area contributed by atoms with Crippen LogP contribution in [0, 0.1) is 0 Å². The fourth-order valence-corrected chi connectivity index (χ4v) is 4.00. The first-order valence-electron chi connectivity index (χ1n) is 7.30. The summed E-state index contributed by atoms with van der Waals surface area (Å²) in [6.07, 6.45) is 0. The van der Waals surface area contributed by atoms with Crippen molar-refractivity contribution in [2.75, 3.05) is 31.1 Å².